The zero-order valence-corrected chi connectivity index (χ0v) is 27.1. The standard InChI is InChI=1S/C32H33ClN2O8S2/c1-3-24(20-31(34-17-7-19-44(36,37)38)42-28-13-11-27(33)12-14-28)21-32-35(18-16-23(2)45(39,40)41)29-22-26(10-15-30(29)43-32)25-8-5-4-6-9-25/h4-6,8-13,15,20-23H,3,7,16-19H2,1-2H3,(H-,36,37,38,39,40,41)/p+1/b24-20+,32-21-,34-31?. The molecule has 0 amide bonds. The van der Waals surface area contributed by atoms with Crippen LogP contribution in [0.3, 0.4) is 0 Å². The Morgan fingerprint density at radius 3 is 2.51 bits per heavy atom. The summed E-state index contributed by atoms with van der Waals surface area (Å²) in [6.07, 6.45) is 11.9. The van der Waals surface area contributed by atoms with E-state index in [2.05, 4.69) is 11.1 Å². The van der Waals surface area contributed by atoms with Crippen LogP contribution in [-0.2, 0) is 25.0 Å². The number of nitrogens with zero attached hydrogens (tertiary/aromatic N) is 2. The highest BCUT2D eigenvalue weighted by Gasteiger charge is 2.29. The normalized spacial score (nSPS) is 16.9. The van der Waals surface area contributed by atoms with Crippen molar-refractivity contribution in [2.45, 2.75) is 38.4 Å². The molecular weight excluding hydrogens is 640 g/mol. The third kappa shape index (κ3) is 10.1. The average molecular weight is 674 g/mol. The number of hydrogen-bond acceptors (Lipinski definition) is 8. The maximum atomic E-state index is 11.8. The summed E-state index contributed by atoms with van der Waals surface area (Å²) in [7, 11) is -8.37. The lowest BCUT2D eigenvalue weighted by Gasteiger charge is -2.20. The second-order valence-electron chi connectivity index (χ2n) is 10.3. The Bertz CT molecular complexity index is 1790. The molecule has 0 saturated heterocycles. The van der Waals surface area contributed by atoms with Crippen LogP contribution in [0.1, 0.15) is 33.1 Å². The SMILES string of the molecule is CCC(/C=C1\Oc2ccc(-c3ccccc3)cc2N1CCC(C)S(=O)(=O)O)=C\C(=NCCCS(=O)(=O)O)OC1=[C+]C=C(Cl)C=C1. The van der Waals surface area contributed by atoms with Crippen LogP contribution < -0.4 is 9.64 Å². The quantitative estimate of drug-likeness (QED) is 0.0804. The number of hydrogen-bond donors (Lipinski definition) is 2. The highest BCUT2D eigenvalue weighted by Crippen LogP contribution is 2.42. The molecule has 45 heavy (non-hydrogen) atoms. The molecule has 1 heterocycles. The molecule has 2 N–H and O–H groups in total. The minimum absolute atomic E-state index is 0.0661. The Morgan fingerprint density at radius 1 is 1.11 bits per heavy atom. The highest BCUT2D eigenvalue weighted by atomic mass is 35.5. The van der Waals surface area contributed by atoms with E-state index in [-0.39, 0.29) is 31.8 Å². The smallest absolute Gasteiger partial charge is 0.296 e. The number of anilines is 1. The van der Waals surface area contributed by atoms with Crippen molar-refractivity contribution in [1.29, 1.82) is 0 Å². The maximum Gasteiger partial charge on any atom is 0.296 e. The van der Waals surface area contributed by atoms with Gasteiger partial charge in [0, 0.05) is 36.8 Å². The summed E-state index contributed by atoms with van der Waals surface area (Å²) in [4.78, 5) is 6.27. The van der Waals surface area contributed by atoms with E-state index >= 15 is 0 Å². The van der Waals surface area contributed by atoms with Crippen molar-refractivity contribution in [3.63, 3.8) is 0 Å². The van der Waals surface area contributed by atoms with Crippen molar-refractivity contribution < 1.29 is 35.4 Å². The predicted octanol–water partition coefficient (Wildman–Crippen LogP) is 6.47. The number of halogens is 1. The van der Waals surface area contributed by atoms with E-state index in [0.717, 1.165) is 22.4 Å². The van der Waals surface area contributed by atoms with E-state index < -0.39 is 31.2 Å². The van der Waals surface area contributed by atoms with E-state index in [1.807, 2.05) is 60.4 Å². The van der Waals surface area contributed by atoms with E-state index in [4.69, 9.17) is 25.6 Å². The lowest BCUT2D eigenvalue weighted by molar-refractivity contribution is 0.430. The molecule has 2 aromatic rings. The largest absolute Gasteiger partial charge is 0.439 e. The van der Waals surface area contributed by atoms with Gasteiger partial charge in [-0.05, 0) is 55.0 Å². The molecule has 13 heteroatoms. The molecule has 0 aromatic heterocycles. The van der Waals surface area contributed by atoms with Crippen molar-refractivity contribution in [1.82, 2.24) is 0 Å². The van der Waals surface area contributed by atoms with Gasteiger partial charge >= 0.3 is 0 Å². The number of rotatable bonds is 13. The number of ether oxygens (including phenoxy) is 2. The van der Waals surface area contributed by atoms with Gasteiger partial charge in [0.15, 0.2) is 10.8 Å². The maximum absolute atomic E-state index is 11.8. The van der Waals surface area contributed by atoms with E-state index in [0.29, 0.717) is 28.8 Å². The number of allylic oxidation sites excluding steroid dienone is 7. The fourth-order valence-electron chi connectivity index (χ4n) is 4.38. The van der Waals surface area contributed by atoms with E-state index in [1.165, 1.54) is 13.0 Å². The second-order valence-corrected chi connectivity index (χ2v) is 14.1. The molecule has 4 rings (SSSR count). The van der Waals surface area contributed by atoms with Gasteiger partial charge in [0.2, 0.25) is 11.8 Å². The second kappa shape index (κ2) is 15.0. The first kappa shape index (κ1) is 34.1. The van der Waals surface area contributed by atoms with Crippen LogP contribution in [0, 0.1) is 6.08 Å². The Hall–Kier alpha value is -3.77. The number of benzene rings is 2. The summed E-state index contributed by atoms with van der Waals surface area (Å²) < 4.78 is 76.7. The van der Waals surface area contributed by atoms with Gasteiger partial charge in [0.25, 0.3) is 26.0 Å². The minimum Gasteiger partial charge on any atom is -0.439 e. The molecular formula is C32H34ClN2O8S2+. The van der Waals surface area contributed by atoms with Crippen molar-refractivity contribution in [3.05, 3.63) is 107 Å². The molecule has 1 atom stereocenters. The predicted molar refractivity (Wildman–Crippen MR) is 176 cm³/mol. The zero-order valence-electron chi connectivity index (χ0n) is 24.8. The monoisotopic (exact) mass is 673 g/mol. The van der Waals surface area contributed by atoms with Gasteiger partial charge in [-0.15, -0.1) is 0 Å². The summed E-state index contributed by atoms with van der Waals surface area (Å²) in [5, 5.41) is -0.521. The summed E-state index contributed by atoms with van der Waals surface area (Å²) in [6.45, 7) is 3.68. The number of fused-ring (bicyclic) bond motifs is 1. The molecule has 238 valence electrons. The molecule has 2 aliphatic rings. The van der Waals surface area contributed by atoms with Crippen molar-refractivity contribution in [2.75, 3.05) is 23.7 Å². The molecule has 0 spiro atoms. The Labute approximate surface area is 269 Å². The van der Waals surface area contributed by atoms with Crippen LogP contribution in [-0.4, -0.2) is 55.9 Å². The summed E-state index contributed by atoms with van der Waals surface area (Å²) in [5.74, 6) is 1.09. The Kier molecular flexibility index (Phi) is 11.4. The molecule has 0 bridgehead atoms. The summed E-state index contributed by atoms with van der Waals surface area (Å²) in [6, 6.07) is 15.6. The van der Waals surface area contributed by atoms with Crippen LogP contribution >= 0.6 is 11.6 Å². The first-order valence-electron chi connectivity index (χ1n) is 14.2. The molecule has 1 aliphatic carbocycles. The van der Waals surface area contributed by atoms with E-state index in [9.17, 15) is 21.4 Å². The first-order valence-corrected chi connectivity index (χ1v) is 17.7. The van der Waals surface area contributed by atoms with Crippen LogP contribution in [0.4, 0.5) is 5.69 Å². The van der Waals surface area contributed by atoms with E-state index in [1.54, 1.807) is 24.3 Å². The van der Waals surface area contributed by atoms with Gasteiger partial charge in [-0.3, -0.25) is 14.1 Å². The Balaban J connectivity index is 1.68. The molecule has 0 radical (unpaired) electrons. The van der Waals surface area contributed by atoms with Gasteiger partial charge in [-0.2, -0.15) is 16.8 Å². The fourth-order valence-corrected chi connectivity index (χ4v) is 5.40. The van der Waals surface area contributed by atoms with Crippen LogP contribution in [0.25, 0.3) is 11.1 Å². The topological polar surface area (TPSA) is 143 Å². The molecule has 1 unspecified atom stereocenters. The van der Waals surface area contributed by atoms with Crippen LogP contribution in [0.5, 0.6) is 5.75 Å². The molecule has 0 fully saturated rings. The Morgan fingerprint density at radius 2 is 1.87 bits per heavy atom. The molecule has 0 saturated carbocycles. The van der Waals surface area contributed by atoms with Gasteiger partial charge in [0.1, 0.15) is 6.08 Å². The lowest BCUT2D eigenvalue weighted by Crippen LogP contribution is -2.27. The third-order valence-electron chi connectivity index (χ3n) is 6.92. The van der Waals surface area contributed by atoms with Crippen molar-refractivity contribution in [2.24, 2.45) is 4.99 Å². The third-order valence-corrected chi connectivity index (χ3v) is 9.21. The molecule has 10 nitrogen and oxygen atoms in total. The highest BCUT2D eigenvalue weighted by molar-refractivity contribution is 7.86. The van der Waals surface area contributed by atoms with Gasteiger partial charge in [-0.25, -0.2) is 0 Å². The number of aliphatic imine (C=N–C) groups is 1. The van der Waals surface area contributed by atoms with Gasteiger partial charge < -0.3 is 14.4 Å². The van der Waals surface area contributed by atoms with Gasteiger partial charge in [0.05, 0.1) is 34.9 Å². The zero-order chi connectivity index (χ0) is 32.6. The van der Waals surface area contributed by atoms with Gasteiger partial charge in [-0.1, -0.05) is 43.3 Å². The molecule has 1 aliphatic heterocycles. The summed E-state index contributed by atoms with van der Waals surface area (Å²) >= 11 is 5.98. The van der Waals surface area contributed by atoms with Crippen LogP contribution in [0.15, 0.2) is 106 Å². The minimum atomic E-state index is -4.23. The van der Waals surface area contributed by atoms with Crippen LogP contribution in [0.2, 0.25) is 0 Å². The van der Waals surface area contributed by atoms with Crippen molar-refractivity contribution >= 4 is 43.4 Å². The first-order chi connectivity index (χ1) is 21.3. The summed E-state index contributed by atoms with van der Waals surface area (Å²) in [5.41, 5.74) is 3.43. The molecule has 2 aromatic carbocycles. The lowest BCUT2D eigenvalue weighted by atomic mass is 10.0. The van der Waals surface area contributed by atoms with Crippen molar-refractivity contribution in [3.8, 4) is 16.9 Å². The fraction of sp³-hybridized carbons (Fsp3) is 0.281. The average Bonchev–Trinajstić information content (AvgIpc) is 3.34.